The van der Waals surface area contributed by atoms with E-state index in [1.54, 1.807) is 24.3 Å². The van der Waals surface area contributed by atoms with Crippen LogP contribution in [0.4, 0.5) is 5.69 Å². The summed E-state index contributed by atoms with van der Waals surface area (Å²) in [6, 6.07) is 10.6. The van der Waals surface area contributed by atoms with Crippen molar-refractivity contribution in [3.05, 3.63) is 63.1 Å². The van der Waals surface area contributed by atoms with Crippen LogP contribution >= 0.6 is 34.8 Å². The van der Waals surface area contributed by atoms with Crippen LogP contribution in [0.1, 0.15) is 51.0 Å². The Bertz CT molecular complexity index is 1200. The fourth-order valence-electron chi connectivity index (χ4n) is 4.57. The van der Waals surface area contributed by atoms with Crippen LogP contribution in [0, 0.1) is 0 Å². The Morgan fingerprint density at radius 1 is 1.03 bits per heavy atom. The third kappa shape index (κ3) is 8.24. The Labute approximate surface area is 234 Å². The summed E-state index contributed by atoms with van der Waals surface area (Å²) in [7, 11) is -3.89. The topological polar surface area (TPSA) is 86.8 Å². The highest BCUT2D eigenvalue weighted by molar-refractivity contribution is 7.92. The number of hydrogen-bond acceptors (Lipinski definition) is 4. The van der Waals surface area contributed by atoms with Gasteiger partial charge in [0.15, 0.2) is 0 Å². The Morgan fingerprint density at radius 3 is 2.22 bits per heavy atom. The van der Waals surface area contributed by atoms with E-state index in [1.165, 1.54) is 23.1 Å². The zero-order valence-electron chi connectivity index (χ0n) is 20.9. The summed E-state index contributed by atoms with van der Waals surface area (Å²) in [6.45, 7) is 1.33. The second-order valence-electron chi connectivity index (χ2n) is 9.28. The SMILES string of the molecule is CC[C@H](C(=O)NC1CCCCC1)N(Cc1ccccc1Cl)C(=O)CN(c1cc(Cl)cc(Cl)c1)S(C)(=O)=O. The smallest absolute Gasteiger partial charge is 0.244 e. The number of rotatable bonds is 10. The van der Waals surface area contributed by atoms with Crippen molar-refractivity contribution in [1.29, 1.82) is 0 Å². The summed E-state index contributed by atoms with van der Waals surface area (Å²) in [5.41, 5.74) is 0.809. The standard InChI is InChI=1S/C26H32Cl3N3O4S/c1-3-24(26(34)30-21-10-5-4-6-11-21)31(16-18-9-7-8-12-23(18)29)25(33)17-32(37(2,35)36)22-14-19(27)13-20(28)15-22/h7-9,12-15,21,24H,3-6,10-11,16-17H2,1-2H3,(H,30,34)/t24-/m1/s1. The monoisotopic (exact) mass is 587 g/mol. The van der Waals surface area contributed by atoms with Crippen molar-refractivity contribution in [2.24, 2.45) is 0 Å². The van der Waals surface area contributed by atoms with Gasteiger partial charge in [-0.05, 0) is 49.1 Å². The minimum absolute atomic E-state index is 0.0446. The number of sulfonamides is 1. The molecule has 1 atom stereocenters. The number of hydrogen-bond donors (Lipinski definition) is 1. The molecule has 0 unspecified atom stereocenters. The normalized spacial score (nSPS) is 15.2. The molecule has 0 aliphatic heterocycles. The lowest BCUT2D eigenvalue weighted by Crippen LogP contribution is -2.54. The number of nitrogens with zero attached hydrogens (tertiary/aromatic N) is 2. The molecule has 2 aromatic carbocycles. The first-order chi connectivity index (χ1) is 17.5. The summed E-state index contributed by atoms with van der Waals surface area (Å²) >= 11 is 18.6. The van der Waals surface area contributed by atoms with Crippen LogP contribution in [0.25, 0.3) is 0 Å². The number of benzene rings is 2. The number of carbonyl (C=O) groups is 2. The maximum atomic E-state index is 13.8. The first-order valence-corrected chi connectivity index (χ1v) is 15.2. The number of amides is 2. The van der Waals surface area contributed by atoms with Crippen LogP contribution in [0.2, 0.25) is 15.1 Å². The Hall–Kier alpha value is -2.00. The Morgan fingerprint density at radius 2 is 1.65 bits per heavy atom. The quantitative estimate of drug-likeness (QED) is 0.388. The van der Waals surface area contributed by atoms with E-state index < -0.39 is 28.5 Å². The molecule has 1 N–H and O–H groups in total. The third-order valence-electron chi connectivity index (χ3n) is 6.45. The lowest BCUT2D eigenvalue weighted by atomic mass is 9.95. The van der Waals surface area contributed by atoms with E-state index in [-0.39, 0.29) is 34.2 Å². The fourth-order valence-corrected chi connectivity index (χ4v) is 6.11. The van der Waals surface area contributed by atoms with Gasteiger partial charge in [0.25, 0.3) is 0 Å². The molecular formula is C26H32Cl3N3O4S. The number of nitrogens with one attached hydrogen (secondary N) is 1. The zero-order valence-corrected chi connectivity index (χ0v) is 24.0. The molecule has 0 bridgehead atoms. The number of anilines is 1. The number of carbonyl (C=O) groups excluding carboxylic acids is 2. The van der Waals surface area contributed by atoms with Gasteiger partial charge < -0.3 is 10.2 Å². The highest BCUT2D eigenvalue weighted by Gasteiger charge is 2.33. The van der Waals surface area contributed by atoms with Gasteiger partial charge in [0, 0.05) is 27.7 Å². The third-order valence-corrected chi connectivity index (χ3v) is 8.40. The summed E-state index contributed by atoms with van der Waals surface area (Å²) < 4.78 is 26.4. The van der Waals surface area contributed by atoms with E-state index in [0.717, 1.165) is 42.7 Å². The Kier molecular flexibility index (Phi) is 10.5. The summed E-state index contributed by atoms with van der Waals surface area (Å²) in [5.74, 6) is -0.807. The molecule has 7 nitrogen and oxygen atoms in total. The van der Waals surface area contributed by atoms with Gasteiger partial charge in [0.1, 0.15) is 12.6 Å². The predicted octanol–water partition coefficient (Wildman–Crippen LogP) is 5.67. The fraction of sp³-hybridized carbons (Fsp3) is 0.462. The number of halogens is 3. The van der Waals surface area contributed by atoms with E-state index >= 15 is 0 Å². The first-order valence-electron chi connectivity index (χ1n) is 12.3. The van der Waals surface area contributed by atoms with Gasteiger partial charge in [-0.15, -0.1) is 0 Å². The molecule has 2 aromatic rings. The van der Waals surface area contributed by atoms with Crippen LogP contribution < -0.4 is 9.62 Å². The van der Waals surface area contributed by atoms with Crippen molar-refractivity contribution >= 4 is 62.3 Å². The Balaban J connectivity index is 1.94. The van der Waals surface area contributed by atoms with Gasteiger partial charge >= 0.3 is 0 Å². The molecule has 1 aliphatic rings. The molecule has 2 amide bonds. The minimum Gasteiger partial charge on any atom is -0.352 e. The molecule has 0 saturated heterocycles. The molecule has 1 saturated carbocycles. The minimum atomic E-state index is -3.89. The molecule has 3 rings (SSSR count). The van der Waals surface area contributed by atoms with Crippen molar-refractivity contribution in [2.75, 3.05) is 17.1 Å². The predicted molar refractivity (Wildman–Crippen MR) is 150 cm³/mol. The van der Waals surface area contributed by atoms with Crippen LogP contribution in [0.3, 0.4) is 0 Å². The van der Waals surface area contributed by atoms with E-state index in [2.05, 4.69) is 5.32 Å². The van der Waals surface area contributed by atoms with Gasteiger partial charge in [-0.25, -0.2) is 8.42 Å². The summed E-state index contributed by atoms with van der Waals surface area (Å²) in [6.07, 6.45) is 6.40. The van der Waals surface area contributed by atoms with Crippen molar-refractivity contribution in [2.45, 2.75) is 64.1 Å². The molecule has 37 heavy (non-hydrogen) atoms. The summed E-state index contributed by atoms with van der Waals surface area (Å²) in [4.78, 5) is 28.6. The van der Waals surface area contributed by atoms with Crippen molar-refractivity contribution in [3.8, 4) is 0 Å². The highest BCUT2D eigenvalue weighted by Crippen LogP contribution is 2.28. The highest BCUT2D eigenvalue weighted by atomic mass is 35.5. The van der Waals surface area contributed by atoms with Crippen molar-refractivity contribution in [1.82, 2.24) is 10.2 Å². The molecule has 1 fully saturated rings. The van der Waals surface area contributed by atoms with Gasteiger partial charge in [-0.2, -0.15) is 0 Å². The zero-order chi connectivity index (χ0) is 27.2. The lowest BCUT2D eigenvalue weighted by Gasteiger charge is -2.34. The molecule has 202 valence electrons. The molecule has 0 heterocycles. The van der Waals surface area contributed by atoms with E-state index in [1.807, 2.05) is 6.92 Å². The molecule has 0 radical (unpaired) electrons. The maximum Gasteiger partial charge on any atom is 0.244 e. The van der Waals surface area contributed by atoms with Gasteiger partial charge in [0.2, 0.25) is 21.8 Å². The van der Waals surface area contributed by atoms with Gasteiger partial charge in [0.05, 0.1) is 11.9 Å². The second-order valence-corrected chi connectivity index (χ2v) is 12.5. The van der Waals surface area contributed by atoms with E-state index in [0.29, 0.717) is 17.0 Å². The van der Waals surface area contributed by atoms with Gasteiger partial charge in [-0.3, -0.25) is 13.9 Å². The molecule has 1 aliphatic carbocycles. The molecule has 0 aromatic heterocycles. The molecular weight excluding hydrogens is 557 g/mol. The molecule has 11 heteroatoms. The van der Waals surface area contributed by atoms with Gasteiger partial charge in [-0.1, -0.05) is 79.2 Å². The van der Waals surface area contributed by atoms with Crippen molar-refractivity contribution < 1.29 is 18.0 Å². The lowest BCUT2D eigenvalue weighted by molar-refractivity contribution is -0.140. The summed E-state index contributed by atoms with van der Waals surface area (Å²) in [5, 5.41) is 4.01. The van der Waals surface area contributed by atoms with Crippen LogP contribution in [-0.4, -0.2) is 50.0 Å². The van der Waals surface area contributed by atoms with E-state index in [4.69, 9.17) is 34.8 Å². The molecule has 0 spiro atoms. The van der Waals surface area contributed by atoms with Crippen LogP contribution in [-0.2, 0) is 26.2 Å². The average Bonchev–Trinajstić information content (AvgIpc) is 2.82. The van der Waals surface area contributed by atoms with Crippen molar-refractivity contribution in [3.63, 3.8) is 0 Å². The first kappa shape index (κ1) is 29.6. The van der Waals surface area contributed by atoms with Crippen LogP contribution in [0.15, 0.2) is 42.5 Å². The second kappa shape index (κ2) is 13.2. The average molecular weight is 589 g/mol. The van der Waals surface area contributed by atoms with E-state index in [9.17, 15) is 18.0 Å². The largest absolute Gasteiger partial charge is 0.352 e. The maximum absolute atomic E-state index is 13.8. The van der Waals surface area contributed by atoms with Crippen LogP contribution in [0.5, 0.6) is 0 Å².